The lowest BCUT2D eigenvalue weighted by atomic mass is 10.5. The van der Waals surface area contributed by atoms with Gasteiger partial charge in [-0.25, -0.2) is 0 Å². The molecular weight excluding hydrogens is 159 g/mol. The van der Waals surface area contributed by atoms with E-state index in [1.807, 2.05) is 0 Å². The minimum Gasteiger partial charge on any atom is -0.593 e. The maximum absolute atomic E-state index is 9.83. The van der Waals surface area contributed by atoms with E-state index in [1.54, 1.807) is 0 Å². The molecule has 0 radical (unpaired) electrons. The Labute approximate surface area is 57.5 Å². The summed E-state index contributed by atoms with van der Waals surface area (Å²) < 4.78 is 9.83. The summed E-state index contributed by atoms with van der Waals surface area (Å²) in [6.45, 7) is 0. The standard InChI is InChI=1S/C4H5O5P/c5-3(6)1-2-4(7)10(8)9/h1-2,4,7H,(H,5,6)/p-1/b2-1+. The maximum Gasteiger partial charge on any atom is 0.345 e. The van der Waals surface area contributed by atoms with Crippen LogP contribution in [-0.2, 0) is 9.36 Å². The molecular formula is C4H4O5P-. The van der Waals surface area contributed by atoms with E-state index in [0.29, 0.717) is 12.2 Å². The SMILES string of the molecule is O=C([O-])/C=C/C(O)[P+](=O)[O-]. The third kappa shape index (κ3) is 4.14. The predicted octanol–water partition coefficient (Wildman–Crippen LogP) is -2.29. The van der Waals surface area contributed by atoms with Gasteiger partial charge in [-0.1, -0.05) is 4.57 Å². The summed E-state index contributed by atoms with van der Waals surface area (Å²) in [5.74, 6) is -3.29. The fourth-order valence-electron chi connectivity index (χ4n) is 0.235. The first kappa shape index (κ1) is 9.23. The van der Waals surface area contributed by atoms with Crippen LogP contribution in [0.5, 0.6) is 0 Å². The van der Waals surface area contributed by atoms with Crippen molar-refractivity contribution in [1.29, 1.82) is 0 Å². The predicted molar refractivity (Wildman–Crippen MR) is 27.8 cm³/mol. The Hall–Kier alpha value is -0.770. The first-order valence-corrected chi connectivity index (χ1v) is 3.49. The number of carboxylic acids is 1. The van der Waals surface area contributed by atoms with Crippen LogP contribution < -0.4 is 10.00 Å². The van der Waals surface area contributed by atoms with Gasteiger partial charge in [-0.15, -0.1) is 0 Å². The van der Waals surface area contributed by atoms with E-state index in [-0.39, 0.29) is 0 Å². The molecule has 1 N–H and O–H groups in total. The van der Waals surface area contributed by atoms with Gasteiger partial charge in [-0.05, 0) is 12.2 Å². The van der Waals surface area contributed by atoms with Crippen LogP contribution in [0.25, 0.3) is 0 Å². The monoisotopic (exact) mass is 163 g/mol. The average Bonchev–Trinajstić information content (AvgIpc) is 1.82. The number of rotatable bonds is 3. The Bertz CT molecular complexity index is 174. The third-order valence-electron chi connectivity index (χ3n) is 0.620. The van der Waals surface area contributed by atoms with Crippen molar-refractivity contribution >= 4 is 14.0 Å². The Morgan fingerprint density at radius 1 is 1.70 bits per heavy atom. The number of carboxylic acid groups (broad SMARTS) is 1. The molecule has 0 aromatic heterocycles. The molecule has 0 bridgehead atoms. The van der Waals surface area contributed by atoms with Gasteiger partial charge < -0.3 is 19.9 Å². The Kier molecular flexibility index (Phi) is 3.79. The zero-order valence-electron chi connectivity index (χ0n) is 4.76. The summed E-state index contributed by atoms with van der Waals surface area (Å²) in [6, 6.07) is 0. The Morgan fingerprint density at radius 3 is 2.50 bits per heavy atom. The van der Waals surface area contributed by atoms with Gasteiger partial charge in [0, 0.05) is 0 Å². The largest absolute Gasteiger partial charge is 0.593 e. The number of hydrogen-bond acceptors (Lipinski definition) is 5. The molecule has 0 fully saturated rings. The van der Waals surface area contributed by atoms with Crippen LogP contribution in [0.4, 0.5) is 0 Å². The molecule has 0 amide bonds. The number of carbonyl (C=O) groups is 1. The maximum atomic E-state index is 9.83. The van der Waals surface area contributed by atoms with Gasteiger partial charge in [-0.3, -0.25) is 0 Å². The summed E-state index contributed by atoms with van der Waals surface area (Å²) >= 11 is 0. The zero-order chi connectivity index (χ0) is 8.15. The number of aliphatic hydroxyl groups is 1. The van der Waals surface area contributed by atoms with Gasteiger partial charge >= 0.3 is 8.03 Å². The van der Waals surface area contributed by atoms with E-state index in [1.165, 1.54) is 0 Å². The van der Waals surface area contributed by atoms with Crippen LogP contribution in [0.15, 0.2) is 12.2 Å². The van der Waals surface area contributed by atoms with Crippen LogP contribution in [0, 0.1) is 0 Å². The first-order valence-electron chi connectivity index (χ1n) is 2.25. The molecule has 0 aliphatic rings. The van der Waals surface area contributed by atoms with Crippen LogP contribution in [0.2, 0.25) is 0 Å². The lowest BCUT2D eigenvalue weighted by Crippen LogP contribution is -2.19. The zero-order valence-corrected chi connectivity index (χ0v) is 5.65. The van der Waals surface area contributed by atoms with Crippen LogP contribution in [0.3, 0.4) is 0 Å². The van der Waals surface area contributed by atoms with Crippen molar-refractivity contribution in [1.82, 2.24) is 0 Å². The van der Waals surface area contributed by atoms with Crippen molar-refractivity contribution in [2.45, 2.75) is 5.85 Å². The molecule has 0 spiro atoms. The van der Waals surface area contributed by atoms with Gasteiger partial charge in [0.25, 0.3) is 5.85 Å². The molecule has 0 saturated carbocycles. The molecule has 5 nitrogen and oxygen atoms in total. The van der Waals surface area contributed by atoms with E-state index in [4.69, 9.17) is 5.11 Å². The van der Waals surface area contributed by atoms with Crippen molar-refractivity contribution < 1.29 is 24.5 Å². The van der Waals surface area contributed by atoms with Gasteiger partial charge in [0.05, 0.1) is 5.97 Å². The molecule has 0 rings (SSSR count). The summed E-state index contributed by atoms with van der Waals surface area (Å²) in [4.78, 5) is 19.5. The summed E-state index contributed by atoms with van der Waals surface area (Å²) in [5, 5.41) is 18.0. The Balaban J connectivity index is 3.89. The molecule has 10 heavy (non-hydrogen) atoms. The number of hydrogen-bond donors (Lipinski definition) is 1. The van der Waals surface area contributed by atoms with Gasteiger partial charge in [0.2, 0.25) is 0 Å². The summed E-state index contributed by atoms with van der Waals surface area (Å²) in [6.07, 6.45) is 1.07. The van der Waals surface area contributed by atoms with Gasteiger partial charge in [0.15, 0.2) is 0 Å². The molecule has 0 aliphatic heterocycles. The summed E-state index contributed by atoms with van der Waals surface area (Å²) in [7, 11) is -3.01. The number of aliphatic carboxylic acids is 1. The van der Waals surface area contributed by atoms with Crippen LogP contribution in [-0.4, -0.2) is 16.9 Å². The normalized spacial score (nSPS) is 15.2. The molecule has 2 unspecified atom stereocenters. The number of aliphatic hydroxyl groups excluding tert-OH is 1. The lowest BCUT2D eigenvalue weighted by Gasteiger charge is -1.93. The van der Waals surface area contributed by atoms with Crippen molar-refractivity contribution in [3.63, 3.8) is 0 Å². The molecule has 0 heterocycles. The van der Waals surface area contributed by atoms with E-state index >= 15 is 0 Å². The molecule has 0 aromatic carbocycles. The quantitative estimate of drug-likeness (QED) is 0.373. The van der Waals surface area contributed by atoms with Gasteiger partial charge in [-0.2, -0.15) is 0 Å². The molecule has 0 saturated heterocycles. The second-order valence-corrected chi connectivity index (χ2v) is 2.48. The van der Waals surface area contributed by atoms with Crippen molar-refractivity contribution in [2.24, 2.45) is 0 Å². The van der Waals surface area contributed by atoms with Crippen LogP contribution >= 0.6 is 8.03 Å². The molecule has 2 atom stereocenters. The second-order valence-electron chi connectivity index (χ2n) is 1.38. The van der Waals surface area contributed by atoms with Crippen LogP contribution in [0.1, 0.15) is 0 Å². The highest BCUT2D eigenvalue weighted by Gasteiger charge is 2.11. The van der Waals surface area contributed by atoms with E-state index in [9.17, 15) is 19.4 Å². The van der Waals surface area contributed by atoms with Crippen molar-refractivity contribution in [3.05, 3.63) is 12.2 Å². The highest BCUT2D eigenvalue weighted by molar-refractivity contribution is 7.37. The van der Waals surface area contributed by atoms with Crippen molar-refractivity contribution in [2.75, 3.05) is 0 Å². The minimum atomic E-state index is -3.01. The molecule has 0 aliphatic carbocycles. The molecule has 6 heteroatoms. The first-order chi connectivity index (χ1) is 4.54. The van der Waals surface area contributed by atoms with E-state index in [0.717, 1.165) is 0 Å². The van der Waals surface area contributed by atoms with Gasteiger partial charge in [0.1, 0.15) is 0 Å². The Morgan fingerprint density at radius 2 is 2.20 bits per heavy atom. The second kappa shape index (κ2) is 4.11. The van der Waals surface area contributed by atoms with Crippen molar-refractivity contribution in [3.8, 4) is 0 Å². The topological polar surface area (TPSA) is 100 Å². The smallest absolute Gasteiger partial charge is 0.345 e. The lowest BCUT2D eigenvalue weighted by molar-refractivity contribution is -0.297. The highest BCUT2D eigenvalue weighted by atomic mass is 31.1. The fraction of sp³-hybridized carbons (Fsp3) is 0.250. The third-order valence-corrected chi connectivity index (χ3v) is 1.22. The fourth-order valence-corrected chi connectivity index (χ4v) is 0.462. The minimum absolute atomic E-state index is 0.454. The van der Waals surface area contributed by atoms with E-state index in [2.05, 4.69) is 0 Å². The highest BCUT2D eigenvalue weighted by Crippen LogP contribution is 2.14. The molecule has 0 aromatic rings. The average molecular weight is 163 g/mol. The number of carbonyl (C=O) groups excluding carboxylic acids is 1. The van der Waals surface area contributed by atoms with E-state index < -0.39 is 19.8 Å². The molecule has 56 valence electrons. The summed E-state index contributed by atoms with van der Waals surface area (Å²) in [5.41, 5.74) is 0.